The van der Waals surface area contributed by atoms with Crippen LogP contribution in [0, 0.1) is 5.41 Å². The van der Waals surface area contributed by atoms with Crippen LogP contribution in [0.1, 0.15) is 36.8 Å². The van der Waals surface area contributed by atoms with E-state index >= 15 is 0 Å². The van der Waals surface area contributed by atoms with Crippen molar-refractivity contribution in [3.8, 4) is 0 Å². The van der Waals surface area contributed by atoms with E-state index < -0.39 is 0 Å². The van der Waals surface area contributed by atoms with E-state index in [9.17, 15) is 4.79 Å². The molecule has 1 aromatic heterocycles. The first kappa shape index (κ1) is 15.1. The minimum atomic E-state index is -0.187. The van der Waals surface area contributed by atoms with Crippen molar-refractivity contribution in [3.05, 3.63) is 41.6 Å². The minimum Gasteiger partial charge on any atom is -0.399 e. The maximum absolute atomic E-state index is 12.2. The van der Waals surface area contributed by atoms with Gasteiger partial charge in [0.15, 0.2) is 0 Å². The third-order valence-electron chi connectivity index (χ3n) is 3.03. The minimum absolute atomic E-state index is 0.156. The summed E-state index contributed by atoms with van der Waals surface area (Å²) < 4.78 is 1.69. The average molecular weight is 286 g/mol. The van der Waals surface area contributed by atoms with E-state index in [1.54, 1.807) is 28.9 Å². The number of rotatable bonds is 3. The van der Waals surface area contributed by atoms with Crippen LogP contribution in [0.25, 0.3) is 0 Å². The number of hydrogen-bond acceptors (Lipinski definition) is 3. The van der Waals surface area contributed by atoms with Crippen LogP contribution in [0.15, 0.2) is 30.3 Å². The summed E-state index contributed by atoms with van der Waals surface area (Å²) in [7, 11) is 1.82. The standard InChI is InChI=1S/C16H22N4O/c1-16(2,3)10-13-9-14(20(4)19-13)18-15(21)11-6-5-7-12(17)8-11/h5-9H,10,17H2,1-4H3,(H,18,21). The van der Waals surface area contributed by atoms with Gasteiger partial charge in [-0.2, -0.15) is 5.10 Å². The van der Waals surface area contributed by atoms with E-state index in [2.05, 4.69) is 31.2 Å². The largest absolute Gasteiger partial charge is 0.399 e. The number of carbonyl (C=O) groups excluding carboxylic acids is 1. The molecule has 0 aliphatic carbocycles. The fourth-order valence-corrected chi connectivity index (χ4v) is 2.14. The molecule has 0 fully saturated rings. The Hall–Kier alpha value is -2.30. The van der Waals surface area contributed by atoms with Gasteiger partial charge in [-0.3, -0.25) is 9.48 Å². The van der Waals surface area contributed by atoms with Crippen molar-refractivity contribution in [2.24, 2.45) is 12.5 Å². The predicted molar refractivity (Wildman–Crippen MR) is 85.2 cm³/mol. The fraction of sp³-hybridized carbons (Fsp3) is 0.375. The number of benzene rings is 1. The van der Waals surface area contributed by atoms with Gasteiger partial charge in [0, 0.05) is 24.4 Å². The van der Waals surface area contributed by atoms with Gasteiger partial charge in [-0.05, 0) is 30.0 Å². The number of carbonyl (C=O) groups is 1. The highest BCUT2D eigenvalue weighted by Gasteiger charge is 2.16. The van der Waals surface area contributed by atoms with Crippen molar-refractivity contribution in [3.63, 3.8) is 0 Å². The van der Waals surface area contributed by atoms with Crippen LogP contribution in [0.4, 0.5) is 11.5 Å². The molecule has 3 N–H and O–H groups in total. The molecule has 1 aromatic carbocycles. The van der Waals surface area contributed by atoms with E-state index in [-0.39, 0.29) is 11.3 Å². The zero-order valence-corrected chi connectivity index (χ0v) is 13.0. The number of nitrogen functional groups attached to an aromatic ring is 1. The lowest BCUT2D eigenvalue weighted by Gasteiger charge is -2.15. The number of nitrogens with two attached hydrogens (primary N) is 1. The SMILES string of the molecule is Cn1nc(CC(C)(C)C)cc1NC(=O)c1cccc(N)c1. The Morgan fingerprint density at radius 2 is 2.05 bits per heavy atom. The van der Waals surface area contributed by atoms with Gasteiger partial charge in [0.2, 0.25) is 0 Å². The quantitative estimate of drug-likeness (QED) is 0.852. The second-order valence-corrected chi connectivity index (χ2v) is 6.46. The Kier molecular flexibility index (Phi) is 4.02. The molecule has 0 unspecified atom stereocenters. The summed E-state index contributed by atoms with van der Waals surface area (Å²) in [6.45, 7) is 6.48. The molecular weight excluding hydrogens is 264 g/mol. The molecule has 5 heteroatoms. The van der Waals surface area contributed by atoms with Crippen molar-refractivity contribution >= 4 is 17.4 Å². The van der Waals surface area contributed by atoms with Gasteiger partial charge in [-0.15, -0.1) is 0 Å². The highest BCUT2D eigenvalue weighted by atomic mass is 16.1. The number of aromatic nitrogens is 2. The van der Waals surface area contributed by atoms with Crippen molar-refractivity contribution in [2.75, 3.05) is 11.1 Å². The van der Waals surface area contributed by atoms with Crippen molar-refractivity contribution in [1.29, 1.82) is 0 Å². The predicted octanol–water partition coefficient (Wildman–Crippen LogP) is 2.84. The van der Waals surface area contributed by atoms with Gasteiger partial charge >= 0.3 is 0 Å². The molecule has 21 heavy (non-hydrogen) atoms. The van der Waals surface area contributed by atoms with E-state index in [1.807, 2.05) is 13.1 Å². The summed E-state index contributed by atoms with van der Waals surface area (Å²) in [6, 6.07) is 8.82. The van der Waals surface area contributed by atoms with Crippen LogP contribution in [-0.4, -0.2) is 15.7 Å². The van der Waals surface area contributed by atoms with Gasteiger partial charge in [-0.1, -0.05) is 26.8 Å². The summed E-state index contributed by atoms with van der Waals surface area (Å²) >= 11 is 0. The van der Waals surface area contributed by atoms with Crippen LogP contribution in [0.3, 0.4) is 0 Å². The fourth-order valence-electron chi connectivity index (χ4n) is 2.14. The zero-order valence-electron chi connectivity index (χ0n) is 13.0. The second kappa shape index (κ2) is 5.60. The zero-order chi connectivity index (χ0) is 15.6. The molecule has 1 amide bonds. The number of aryl methyl sites for hydroxylation is 1. The Bertz CT molecular complexity index is 653. The lowest BCUT2D eigenvalue weighted by atomic mass is 9.91. The Morgan fingerprint density at radius 1 is 1.33 bits per heavy atom. The molecule has 0 aliphatic rings. The topological polar surface area (TPSA) is 72.9 Å². The van der Waals surface area contributed by atoms with Gasteiger partial charge in [-0.25, -0.2) is 0 Å². The molecular formula is C16H22N4O. The maximum Gasteiger partial charge on any atom is 0.256 e. The van der Waals surface area contributed by atoms with Gasteiger partial charge < -0.3 is 11.1 Å². The summed E-state index contributed by atoms with van der Waals surface area (Å²) in [5, 5.41) is 7.30. The molecule has 0 saturated carbocycles. The van der Waals surface area contributed by atoms with E-state index in [1.165, 1.54) is 0 Å². The number of hydrogen-bond donors (Lipinski definition) is 2. The van der Waals surface area contributed by atoms with Crippen molar-refractivity contribution < 1.29 is 4.79 Å². The first-order valence-electron chi connectivity index (χ1n) is 6.94. The van der Waals surface area contributed by atoms with Crippen LogP contribution in [-0.2, 0) is 13.5 Å². The molecule has 112 valence electrons. The molecule has 0 aliphatic heterocycles. The Balaban J connectivity index is 2.14. The molecule has 0 bridgehead atoms. The lowest BCUT2D eigenvalue weighted by Crippen LogP contribution is -2.14. The number of amides is 1. The number of nitrogens with one attached hydrogen (secondary N) is 1. The number of nitrogens with zero attached hydrogens (tertiary/aromatic N) is 2. The summed E-state index contributed by atoms with van der Waals surface area (Å²) in [6.07, 6.45) is 0.856. The van der Waals surface area contributed by atoms with Crippen LogP contribution in [0.5, 0.6) is 0 Å². The van der Waals surface area contributed by atoms with Crippen LogP contribution < -0.4 is 11.1 Å². The molecule has 2 rings (SSSR count). The van der Waals surface area contributed by atoms with Crippen LogP contribution >= 0.6 is 0 Å². The van der Waals surface area contributed by atoms with E-state index in [4.69, 9.17) is 5.73 Å². The summed E-state index contributed by atoms with van der Waals surface area (Å²) in [5.41, 5.74) is 7.92. The molecule has 0 atom stereocenters. The maximum atomic E-state index is 12.2. The van der Waals surface area contributed by atoms with E-state index in [0.717, 1.165) is 12.1 Å². The first-order chi connectivity index (χ1) is 9.74. The van der Waals surface area contributed by atoms with Crippen molar-refractivity contribution in [2.45, 2.75) is 27.2 Å². The molecule has 2 aromatic rings. The molecule has 0 saturated heterocycles. The lowest BCUT2D eigenvalue weighted by molar-refractivity contribution is 0.102. The Morgan fingerprint density at radius 3 is 2.67 bits per heavy atom. The monoisotopic (exact) mass is 286 g/mol. The molecule has 1 heterocycles. The summed E-state index contributed by atoms with van der Waals surface area (Å²) in [5.74, 6) is 0.495. The molecule has 0 spiro atoms. The summed E-state index contributed by atoms with van der Waals surface area (Å²) in [4.78, 5) is 12.2. The number of anilines is 2. The normalized spacial score (nSPS) is 11.4. The smallest absolute Gasteiger partial charge is 0.256 e. The molecule has 5 nitrogen and oxygen atoms in total. The highest BCUT2D eigenvalue weighted by molar-refractivity contribution is 6.04. The van der Waals surface area contributed by atoms with Gasteiger partial charge in [0.1, 0.15) is 5.82 Å². The van der Waals surface area contributed by atoms with Crippen molar-refractivity contribution in [1.82, 2.24) is 9.78 Å². The van der Waals surface area contributed by atoms with Gasteiger partial charge in [0.05, 0.1) is 5.69 Å². The third-order valence-corrected chi connectivity index (χ3v) is 3.03. The second-order valence-electron chi connectivity index (χ2n) is 6.46. The first-order valence-corrected chi connectivity index (χ1v) is 6.94. The molecule has 0 radical (unpaired) electrons. The third kappa shape index (κ3) is 4.08. The highest BCUT2D eigenvalue weighted by Crippen LogP contribution is 2.22. The average Bonchev–Trinajstić information content (AvgIpc) is 2.67. The van der Waals surface area contributed by atoms with Crippen LogP contribution in [0.2, 0.25) is 0 Å². The van der Waals surface area contributed by atoms with Gasteiger partial charge in [0.25, 0.3) is 5.91 Å². The Labute approximate surface area is 125 Å². The van der Waals surface area contributed by atoms with E-state index in [0.29, 0.717) is 17.1 Å².